The molecule has 1 amide bonds. The fourth-order valence-electron chi connectivity index (χ4n) is 2.83. The number of hydrogen-bond acceptors (Lipinski definition) is 3. The zero-order valence-electron chi connectivity index (χ0n) is 12.9. The van der Waals surface area contributed by atoms with Gasteiger partial charge in [-0.1, -0.05) is 20.8 Å². The smallest absolute Gasteiger partial charge is 0.248 e. The number of rotatable bonds is 4. The number of carbonyl (C=O) groups is 1. The standard InChI is InChI=1S/C15H25N3O2/c1-15(2,3)13-6-5-9-18(13)14(19)11-20-10-12-7-8-16-17(12)4/h7-8,13H,5-6,9-11H2,1-4H3/t13-/m0/s1. The van der Waals surface area contributed by atoms with Crippen LogP contribution in [0.4, 0.5) is 0 Å². The van der Waals surface area contributed by atoms with Crippen molar-refractivity contribution < 1.29 is 9.53 Å². The third kappa shape index (κ3) is 3.39. The summed E-state index contributed by atoms with van der Waals surface area (Å²) in [4.78, 5) is 14.3. The van der Waals surface area contributed by atoms with Crippen LogP contribution in [-0.2, 0) is 23.2 Å². The van der Waals surface area contributed by atoms with Crippen molar-refractivity contribution in [2.24, 2.45) is 12.5 Å². The zero-order chi connectivity index (χ0) is 14.8. The van der Waals surface area contributed by atoms with E-state index < -0.39 is 0 Å². The first-order valence-electron chi connectivity index (χ1n) is 7.23. The minimum atomic E-state index is 0.101. The topological polar surface area (TPSA) is 47.4 Å². The quantitative estimate of drug-likeness (QED) is 0.846. The molecule has 2 heterocycles. The van der Waals surface area contributed by atoms with Gasteiger partial charge < -0.3 is 9.64 Å². The Morgan fingerprint density at radius 3 is 2.85 bits per heavy atom. The monoisotopic (exact) mass is 279 g/mol. The molecule has 1 aliphatic rings. The molecule has 112 valence electrons. The van der Waals surface area contributed by atoms with Crippen molar-refractivity contribution in [3.8, 4) is 0 Å². The summed E-state index contributed by atoms with van der Waals surface area (Å²) in [5.74, 6) is 0.101. The van der Waals surface area contributed by atoms with Crippen molar-refractivity contribution in [3.63, 3.8) is 0 Å². The third-order valence-corrected chi connectivity index (χ3v) is 3.97. The number of amides is 1. The number of carbonyl (C=O) groups excluding carboxylic acids is 1. The maximum absolute atomic E-state index is 12.3. The van der Waals surface area contributed by atoms with Crippen molar-refractivity contribution >= 4 is 5.91 Å². The second-order valence-corrected chi connectivity index (χ2v) is 6.55. The molecule has 0 saturated carbocycles. The largest absolute Gasteiger partial charge is 0.365 e. The normalized spacial score (nSPS) is 19.6. The number of likely N-dealkylation sites (tertiary alicyclic amines) is 1. The molecule has 1 atom stereocenters. The second-order valence-electron chi connectivity index (χ2n) is 6.55. The van der Waals surface area contributed by atoms with Crippen molar-refractivity contribution in [1.29, 1.82) is 0 Å². The van der Waals surface area contributed by atoms with Gasteiger partial charge in [-0.3, -0.25) is 9.48 Å². The average Bonchev–Trinajstić information content (AvgIpc) is 2.97. The summed E-state index contributed by atoms with van der Waals surface area (Å²) in [7, 11) is 1.87. The lowest BCUT2D eigenvalue weighted by atomic mass is 9.85. The molecule has 0 bridgehead atoms. The minimum Gasteiger partial charge on any atom is -0.365 e. The van der Waals surface area contributed by atoms with E-state index in [0.717, 1.165) is 25.1 Å². The molecule has 20 heavy (non-hydrogen) atoms. The molecule has 2 rings (SSSR count). The van der Waals surface area contributed by atoms with Gasteiger partial charge in [0.05, 0.1) is 12.3 Å². The van der Waals surface area contributed by atoms with E-state index in [1.807, 2.05) is 18.0 Å². The van der Waals surface area contributed by atoms with E-state index in [9.17, 15) is 4.79 Å². The maximum Gasteiger partial charge on any atom is 0.248 e. The molecule has 1 fully saturated rings. The Bertz CT molecular complexity index is 462. The lowest BCUT2D eigenvalue weighted by Crippen LogP contribution is -2.44. The predicted molar refractivity (Wildman–Crippen MR) is 77.1 cm³/mol. The van der Waals surface area contributed by atoms with Crippen LogP contribution in [0.2, 0.25) is 0 Å². The molecule has 1 aromatic heterocycles. The van der Waals surface area contributed by atoms with Crippen LogP contribution in [0.25, 0.3) is 0 Å². The van der Waals surface area contributed by atoms with Crippen molar-refractivity contribution in [2.75, 3.05) is 13.2 Å². The maximum atomic E-state index is 12.3. The highest BCUT2D eigenvalue weighted by molar-refractivity contribution is 5.78. The summed E-state index contributed by atoms with van der Waals surface area (Å²) in [6, 6.07) is 2.23. The molecule has 0 aliphatic carbocycles. The van der Waals surface area contributed by atoms with E-state index in [4.69, 9.17) is 4.74 Å². The third-order valence-electron chi connectivity index (χ3n) is 3.97. The highest BCUT2D eigenvalue weighted by Gasteiger charge is 2.36. The van der Waals surface area contributed by atoms with Crippen LogP contribution >= 0.6 is 0 Å². The molecule has 1 saturated heterocycles. The Labute approximate surface area is 120 Å². The van der Waals surface area contributed by atoms with Crippen LogP contribution in [-0.4, -0.2) is 39.8 Å². The lowest BCUT2D eigenvalue weighted by Gasteiger charge is -2.35. The second kappa shape index (κ2) is 5.95. The molecule has 5 heteroatoms. The van der Waals surface area contributed by atoms with Gasteiger partial charge >= 0.3 is 0 Å². The van der Waals surface area contributed by atoms with Gasteiger partial charge in [-0.05, 0) is 24.3 Å². The summed E-state index contributed by atoms with van der Waals surface area (Å²) in [6.45, 7) is 8.02. The van der Waals surface area contributed by atoms with Gasteiger partial charge in [0, 0.05) is 25.8 Å². The number of aryl methyl sites for hydroxylation is 1. The van der Waals surface area contributed by atoms with Gasteiger partial charge in [0.2, 0.25) is 5.91 Å². The van der Waals surface area contributed by atoms with Crippen molar-refractivity contribution in [2.45, 2.75) is 46.3 Å². The summed E-state index contributed by atoms with van der Waals surface area (Å²) < 4.78 is 7.30. The Hall–Kier alpha value is -1.36. The SMILES string of the molecule is Cn1nccc1COCC(=O)N1CCC[C@H]1C(C)(C)C. The highest BCUT2D eigenvalue weighted by Crippen LogP contribution is 2.32. The molecule has 0 unspecified atom stereocenters. The molecule has 0 radical (unpaired) electrons. The number of nitrogens with zero attached hydrogens (tertiary/aromatic N) is 3. The van der Waals surface area contributed by atoms with Gasteiger partial charge in [0.15, 0.2) is 0 Å². The van der Waals surface area contributed by atoms with Crippen LogP contribution in [0.15, 0.2) is 12.3 Å². The van der Waals surface area contributed by atoms with E-state index >= 15 is 0 Å². The van der Waals surface area contributed by atoms with Gasteiger partial charge in [0.25, 0.3) is 0 Å². The highest BCUT2D eigenvalue weighted by atomic mass is 16.5. The summed E-state index contributed by atoms with van der Waals surface area (Å²) in [5, 5.41) is 4.08. The first-order valence-corrected chi connectivity index (χ1v) is 7.23. The van der Waals surface area contributed by atoms with Crippen molar-refractivity contribution in [1.82, 2.24) is 14.7 Å². The average molecular weight is 279 g/mol. The van der Waals surface area contributed by atoms with Gasteiger partial charge in [0.1, 0.15) is 6.61 Å². The Kier molecular flexibility index (Phi) is 4.48. The zero-order valence-corrected chi connectivity index (χ0v) is 12.9. The number of ether oxygens (including phenoxy) is 1. The van der Waals surface area contributed by atoms with Crippen LogP contribution < -0.4 is 0 Å². The van der Waals surface area contributed by atoms with Crippen LogP contribution in [0.5, 0.6) is 0 Å². The minimum absolute atomic E-state index is 0.101. The Balaban J connectivity index is 1.84. The molecule has 0 aromatic carbocycles. The van der Waals surface area contributed by atoms with E-state index in [-0.39, 0.29) is 17.9 Å². The number of hydrogen-bond donors (Lipinski definition) is 0. The summed E-state index contributed by atoms with van der Waals surface area (Å²) in [5.41, 5.74) is 1.11. The Morgan fingerprint density at radius 1 is 1.50 bits per heavy atom. The number of aromatic nitrogens is 2. The van der Waals surface area contributed by atoms with Crippen LogP contribution in [0, 0.1) is 5.41 Å². The van der Waals surface area contributed by atoms with Crippen LogP contribution in [0.3, 0.4) is 0 Å². The molecule has 1 aromatic rings. The molecule has 0 N–H and O–H groups in total. The summed E-state index contributed by atoms with van der Waals surface area (Å²) in [6.07, 6.45) is 3.92. The van der Waals surface area contributed by atoms with Crippen LogP contribution in [0.1, 0.15) is 39.3 Å². The fourth-order valence-corrected chi connectivity index (χ4v) is 2.83. The fraction of sp³-hybridized carbons (Fsp3) is 0.733. The van der Waals surface area contributed by atoms with Crippen molar-refractivity contribution in [3.05, 3.63) is 18.0 Å². The predicted octanol–water partition coefficient (Wildman–Crippen LogP) is 1.97. The Morgan fingerprint density at radius 2 is 2.25 bits per heavy atom. The van der Waals surface area contributed by atoms with Gasteiger partial charge in [-0.15, -0.1) is 0 Å². The van der Waals surface area contributed by atoms with E-state index in [2.05, 4.69) is 25.9 Å². The summed E-state index contributed by atoms with van der Waals surface area (Å²) >= 11 is 0. The van der Waals surface area contributed by atoms with E-state index in [1.165, 1.54) is 0 Å². The van der Waals surface area contributed by atoms with Gasteiger partial charge in [-0.2, -0.15) is 5.10 Å². The molecule has 0 spiro atoms. The first-order chi connectivity index (χ1) is 9.39. The molecular weight excluding hydrogens is 254 g/mol. The molecule has 5 nitrogen and oxygen atoms in total. The molecule has 1 aliphatic heterocycles. The first kappa shape index (κ1) is 15.0. The van der Waals surface area contributed by atoms with E-state index in [0.29, 0.717) is 12.6 Å². The van der Waals surface area contributed by atoms with E-state index in [1.54, 1.807) is 10.9 Å². The lowest BCUT2D eigenvalue weighted by molar-refractivity contribution is -0.139. The molecular formula is C15H25N3O2. The van der Waals surface area contributed by atoms with Gasteiger partial charge in [-0.25, -0.2) is 0 Å².